The molecule has 1 saturated heterocycles. The van der Waals surface area contributed by atoms with Crippen LogP contribution in [0.2, 0.25) is 0 Å². The number of anilines is 1. The molecule has 0 saturated carbocycles. The van der Waals surface area contributed by atoms with Gasteiger partial charge in [0.05, 0.1) is 22.4 Å². The Morgan fingerprint density at radius 3 is 2.40 bits per heavy atom. The summed E-state index contributed by atoms with van der Waals surface area (Å²) >= 11 is 3.35. The molecular formula is C32H34N4O2S2. The summed E-state index contributed by atoms with van der Waals surface area (Å²) in [6, 6.07) is 20.5. The number of aryl methyl sites for hydroxylation is 2. The Morgan fingerprint density at radius 2 is 1.73 bits per heavy atom. The number of thiophene rings is 1. The molecule has 0 N–H and O–H groups in total. The Bertz CT molecular complexity index is 1520. The highest BCUT2D eigenvalue weighted by atomic mass is 32.2. The normalized spacial score (nSPS) is 18.1. The average Bonchev–Trinajstić information content (AvgIpc) is 3.54. The molecule has 4 heterocycles. The summed E-state index contributed by atoms with van der Waals surface area (Å²) in [6.45, 7) is 7.93. The van der Waals surface area contributed by atoms with E-state index in [1.807, 2.05) is 39.9 Å². The Labute approximate surface area is 244 Å². The van der Waals surface area contributed by atoms with Gasteiger partial charge in [-0.15, -0.1) is 23.1 Å². The smallest absolute Gasteiger partial charge is 0.242 e. The molecule has 2 aromatic heterocycles. The lowest BCUT2D eigenvalue weighted by atomic mass is 9.99. The molecule has 2 aliphatic rings. The fraction of sp³-hybridized carbons (Fsp3) is 0.344. The minimum Gasteiger partial charge on any atom is -0.341 e. The van der Waals surface area contributed by atoms with Crippen molar-refractivity contribution in [2.24, 2.45) is 5.92 Å². The summed E-state index contributed by atoms with van der Waals surface area (Å²) in [5.41, 5.74) is 6.06. The number of aromatic nitrogens is 2. The maximum absolute atomic E-state index is 13.9. The van der Waals surface area contributed by atoms with Gasteiger partial charge < -0.3 is 4.90 Å². The number of nitrogens with zero attached hydrogens (tertiary/aromatic N) is 4. The summed E-state index contributed by atoms with van der Waals surface area (Å²) < 4.78 is 1.89. The van der Waals surface area contributed by atoms with Crippen LogP contribution in [0.3, 0.4) is 0 Å². The van der Waals surface area contributed by atoms with Gasteiger partial charge >= 0.3 is 0 Å². The molecule has 1 atom stereocenters. The first-order chi connectivity index (χ1) is 19.4. The Kier molecular flexibility index (Phi) is 7.55. The number of hydrogen-bond acceptors (Lipinski definition) is 5. The second-order valence-corrected chi connectivity index (χ2v) is 12.9. The summed E-state index contributed by atoms with van der Waals surface area (Å²) in [4.78, 5) is 32.5. The Hall–Kier alpha value is -3.36. The van der Waals surface area contributed by atoms with Crippen LogP contribution in [-0.4, -0.2) is 51.9 Å². The van der Waals surface area contributed by atoms with Gasteiger partial charge in [0.25, 0.3) is 0 Å². The number of thioether (sulfide) groups is 1. The summed E-state index contributed by atoms with van der Waals surface area (Å²) in [6.07, 6.45) is 2.00. The van der Waals surface area contributed by atoms with E-state index in [4.69, 9.17) is 5.10 Å². The van der Waals surface area contributed by atoms with E-state index in [0.29, 0.717) is 17.5 Å². The van der Waals surface area contributed by atoms with Crippen molar-refractivity contribution in [1.29, 1.82) is 0 Å². The highest BCUT2D eigenvalue weighted by molar-refractivity contribution is 8.00. The van der Waals surface area contributed by atoms with Crippen LogP contribution in [-0.2, 0) is 9.59 Å². The number of likely N-dealkylation sites (tertiary alicyclic amines) is 1. The van der Waals surface area contributed by atoms with Crippen LogP contribution in [0, 0.1) is 19.8 Å². The van der Waals surface area contributed by atoms with Crippen molar-refractivity contribution in [3.8, 4) is 16.9 Å². The van der Waals surface area contributed by atoms with E-state index in [1.54, 1.807) is 28.0 Å². The monoisotopic (exact) mass is 570 g/mol. The number of benzene rings is 2. The molecule has 0 aliphatic carbocycles. The van der Waals surface area contributed by atoms with Crippen LogP contribution in [0.4, 0.5) is 5.82 Å². The number of hydrogen-bond donors (Lipinski definition) is 0. The first-order valence-corrected chi connectivity index (χ1v) is 15.8. The molecule has 206 valence electrons. The molecule has 2 amide bonds. The standard InChI is InChI=1S/C32H34N4O2S2/c1-21-9-11-25(12-10-21)36-32-28(29(33-36)24-7-5-4-6-8-24)31(30-23(3)15-18-39-30)40-20-27(38)35(32)19-26(37)34-16-13-22(2)14-17-34/h4-12,15,18,22,31H,13-14,16-17,19-20H2,1-3H3. The van der Waals surface area contributed by atoms with Crippen molar-refractivity contribution in [2.75, 3.05) is 30.3 Å². The van der Waals surface area contributed by atoms with Crippen LogP contribution in [0.25, 0.3) is 16.9 Å². The Morgan fingerprint density at radius 1 is 1.00 bits per heavy atom. The quantitative estimate of drug-likeness (QED) is 0.270. The second kappa shape index (κ2) is 11.3. The fourth-order valence-corrected chi connectivity index (χ4v) is 8.02. The molecule has 4 aromatic rings. The third kappa shape index (κ3) is 5.10. The molecule has 1 unspecified atom stereocenters. The molecular weight excluding hydrogens is 537 g/mol. The molecule has 8 heteroatoms. The van der Waals surface area contributed by atoms with Crippen molar-refractivity contribution in [1.82, 2.24) is 14.7 Å². The molecule has 0 radical (unpaired) electrons. The zero-order valence-electron chi connectivity index (χ0n) is 23.2. The lowest BCUT2D eigenvalue weighted by Crippen LogP contribution is -2.46. The summed E-state index contributed by atoms with van der Waals surface area (Å²) in [7, 11) is 0. The van der Waals surface area contributed by atoms with Crippen molar-refractivity contribution in [3.63, 3.8) is 0 Å². The highest BCUT2D eigenvalue weighted by Crippen LogP contribution is 2.50. The summed E-state index contributed by atoms with van der Waals surface area (Å²) in [5, 5.41) is 7.23. The number of carbonyl (C=O) groups excluding carboxylic acids is 2. The molecule has 40 heavy (non-hydrogen) atoms. The largest absolute Gasteiger partial charge is 0.341 e. The lowest BCUT2D eigenvalue weighted by molar-refractivity contribution is -0.132. The zero-order chi connectivity index (χ0) is 27.8. The van der Waals surface area contributed by atoms with Gasteiger partial charge in [-0.25, -0.2) is 4.68 Å². The Balaban J connectivity index is 1.55. The molecule has 6 rings (SSSR count). The summed E-state index contributed by atoms with van der Waals surface area (Å²) in [5.74, 6) is 1.56. The van der Waals surface area contributed by atoms with Crippen LogP contribution in [0.15, 0.2) is 66.0 Å². The molecule has 0 bridgehead atoms. The molecule has 6 nitrogen and oxygen atoms in total. The van der Waals surface area contributed by atoms with Crippen molar-refractivity contribution >= 4 is 40.7 Å². The van der Waals surface area contributed by atoms with E-state index >= 15 is 0 Å². The minimum atomic E-state index is -0.0794. The van der Waals surface area contributed by atoms with Gasteiger partial charge in [0.1, 0.15) is 12.4 Å². The maximum atomic E-state index is 13.9. The van der Waals surface area contributed by atoms with Gasteiger partial charge in [0.15, 0.2) is 0 Å². The van der Waals surface area contributed by atoms with Crippen LogP contribution >= 0.6 is 23.1 Å². The van der Waals surface area contributed by atoms with Crippen LogP contribution in [0.1, 0.15) is 46.6 Å². The predicted octanol–water partition coefficient (Wildman–Crippen LogP) is 6.65. The molecule has 2 aliphatic heterocycles. The van der Waals surface area contributed by atoms with E-state index in [-0.39, 0.29) is 23.6 Å². The molecule has 0 spiro atoms. The van der Waals surface area contributed by atoms with Crippen molar-refractivity contribution in [3.05, 3.63) is 87.6 Å². The SMILES string of the molecule is Cc1ccc(-n2nc(-c3ccccc3)c3c2N(CC(=O)N2CCC(C)CC2)C(=O)CSC3c2sccc2C)cc1. The van der Waals surface area contributed by atoms with E-state index in [2.05, 4.69) is 56.5 Å². The number of amides is 2. The predicted molar refractivity (Wildman–Crippen MR) is 164 cm³/mol. The maximum Gasteiger partial charge on any atom is 0.242 e. The lowest BCUT2D eigenvalue weighted by Gasteiger charge is -2.32. The highest BCUT2D eigenvalue weighted by Gasteiger charge is 2.39. The van der Waals surface area contributed by atoms with Crippen molar-refractivity contribution < 1.29 is 9.59 Å². The third-order valence-electron chi connectivity index (χ3n) is 7.98. The van der Waals surface area contributed by atoms with E-state index in [0.717, 1.165) is 54.0 Å². The van der Waals surface area contributed by atoms with Gasteiger partial charge in [-0.05, 0) is 61.7 Å². The fourth-order valence-electron chi connectivity index (χ4n) is 5.55. The number of piperidine rings is 1. The van der Waals surface area contributed by atoms with Gasteiger partial charge in [-0.3, -0.25) is 14.5 Å². The van der Waals surface area contributed by atoms with Gasteiger partial charge in [0, 0.05) is 29.1 Å². The number of fused-ring (bicyclic) bond motifs is 1. The van der Waals surface area contributed by atoms with Crippen LogP contribution in [0.5, 0.6) is 0 Å². The van der Waals surface area contributed by atoms with Gasteiger partial charge in [-0.2, -0.15) is 5.10 Å². The van der Waals surface area contributed by atoms with E-state index < -0.39 is 0 Å². The third-order valence-corrected chi connectivity index (χ3v) is 10.4. The first kappa shape index (κ1) is 26.8. The second-order valence-electron chi connectivity index (χ2n) is 10.9. The minimum absolute atomic E-state index is 0.000119. The number of rotatable bonds is 5. The van der Waals surface area contributed by atoms with Crippen molar-refractivity contribution in [2.45, 2.75) is 38.9 Å². The van der Waals surface area contributed by atoms with E-state index in [1.165, 1.54) is 10.4 Å². The first-order valence-electron chi connectivity index (χ1n) is 13.9. The average molecular weight is 571 g/mol. The van der Waals surface area contributed by atoms with Gasteiger partial charge in [0.2, 0.25) is 11.8 Å². The zero-order valence-corrected chi connectivity index (χ0v) is 24.8. The van der Waals surface area contributed by atoms with E-state index in [9.17, 15) is 9.59 Å². The number of carbonyl (C=O) groups is 2. The molecule has 2 aromatic carbocycles. The molecule has 1 fully saturated rings. The van der Waals surface area contributed by atoms with Crippen LogP contribution < -0.4 is 4.90 Å². The van der Waals surface area contributed by atoms with Gasteiger partial charge in [-0.1, -0.05) is 55.0 Å². The topological polar surface area (TPSA) is 58.4 Å².